The summed E-state index contributed by atoms with van der Waals surface area (Å²) in [5.41, 5.74) is 1.82. The molecule has 0 saturated carbocycles. The number of aryl methyl sites for hydroxylation is 3. The molecule has 0 radical (unpaired) electrons. The number of esters is 1. The SMILES string of the molecule is CCn1nc(C)cc1Nc1nc2cc(C(=O)OC)cnc2n1CCCNC(=O)OC(C)(C)C. The van der Waals surface area contributed by atoms with E-state index in [1.54, 1.807) is 6.07 Å². The molecule has 11 nitrogen and oxygen atoms in total. The van der Waals surface area contributed by atoms with E-state index in [0.717, 1.165) is 11.5 Å². The predicted octanol–water partition coefficient (Wildman–Crippen LogP) is 3.40. The molecule has 11 heteroatoms. The summed E-state index contributed by atoms with van der Waals surface area (Å²) in [4.78, 5) is 32.9. The maximum absolute atomic E-state index is 11.9. The molecule has 0 atom stereocenters. The van der Waals surface area contributed by atoms with Crippen LogP contribution in [0.1, 0.15) is 50.2 Å². The van der Waals surface area contributed by atoms with E-state index in [4.69, 9.17) is 9.47 Å². The summed E-state index contributed by atoms with van der Waals surface area (Å²) in [5.74, 6) is 0.882. The van der Waals surface area contributed by atoms with Crippen LogP contribution >= 0.6 is 0 Å². The Morgan fingerprint density at radius 3 is 2.64 bits per heavy atom. The molecule has 0 bridgehead atoms. The zero-order chi connectivity index (χ0) is 24.2. The monoisotopic (exact) mass is 457 g/mol. The van der Waals surface area contributed by atoms with E-state index < -0.39 is 17.7 Å². The lowest BCUT2D eigenvalue weighted by Gasteiger charge is -2.19. The van der Waals surface area contributed by atoms with Crippen LogP contribution in [0.5, 0.6) is 0 Å². The van der Waals surface area contributed by atoms with Crippen LogP contribution in [0.3, 0.4) is 0 Å². The van der Waals surface area contributed by atoms with E-state index in [2.05, 4.69) is 25.7 Å². The number of amides is 1. The number of fused-ring (bicyclic) bond motifs is 1. The lowest BCUT2D eigenvalue weighted by atomic mass is 10.2. The van der Waals surface area contributed by atoms with Crippen LogP contribution < -0.4 is 10.6 Å². The van der Waals surface area contributed by atoms with Crippen molar-refractivity contribution in [1.82, 2.24) is 29.6 Å². The number of hydrogen-bond acceptors (Lipinski definition) is 8. The van der Waals surface area contributed by atoms with Gasteiger partial charge in [0.25, 0.3) is 0 Å². The first-order chi connectivity index (χ1) is 15.6. The number of nitrogens with one attached hydrogen (secondary N) is 2. The van der Waals surface area contributed by atoms with Crippen molar-refractivity contribution in [2.24, 2.45) is 0 Å². The van der Waals surface area contributed by atoms with Gasteiger partial charge < -0.3 is 20.1 Å². The summed E-state index contributed by atoms with van der Waals surface area (Å²) in [6, 6.07) is 3.59. The van der Waals surface area contributed by atoms with Crippen LogP contribution in [0.15, 0.2) is 18.3 Å². The van der Waals surface area contributed by atoms with Crippen LogP contribution in [0, 0.1) is 6.92 Å². The van der Waals surface area contributed by atoms with Crippen molar-refractivity contribution in [3.05, 3.63) is 29.6 Å². The Balaban J connectivity index is 1.84. The van der Waals surface area contributed by atoms with Crippen LogP contribution in [0.4, 0.5) is 16.6 Å². The van der Waals surface area contributed by atoms with Gasteiger partial charge in [0.2, 0.25) is 5.95 Å². The largest absolute Gasteiger partial charge is 0.465 e. The molecular weight excluding hydrogens is 426 g/mol. The maximum atomic E-state index is 11.9. The lowest BCUT2D eigenvalue weighted by molar-refractivity contribution is 0.0525. The third-order valence-corrected chi connectivity index (χ3v) is 4.67. The van der Waals surface area contributed by atoms with Crippen LogP contribution in [0.2, 0.25) is 0 Å². The van der Waals surface area contributed by atoms with Crippen molar-refractivity contribution in [2.75, 3.05) is 19.0 Å². The highest BCUT2D eigenvalue weighted by molar-refractivity contribution is 5.92. The van der Waals surface area contributed by atoms with E-state index >= 15 is 0 Å². The minimum Gasteiger partial charge on any atom is -0.465 e. The number of aromatic nitrogens is 5. The van der Waals surface area contributed by atoms with Crippen molar-refractivity contribution in [2.45, 2.75) is 59.7 Å². The van der Waals surface area contributed by atoms with Gasteiger partial charge in [-0.2, -0.15) is 5.10 Å². The standard InChI is InChI=1S/C22H31N7O4/c1-7-29-17(11-14(2)27-29)26-20-25-16-12-15(19(30)32-6)13-24-18(16)28(20)10-8-9-23-21(31)33-22(3,4)5/h11-13H,7-10H2,1-6H3,(H,23,31)(H,25,26). The molecule has 0 aromatic carbocycles. The van der Waals surface area contributed by atoms with Gasteiger partial charge in [-0.1, -0.05) is 0 Å². The molecule has 0 saturated heterocycles. The van der Waals surface area contributed by atoms with Gasteiger partial charge in [-0.25, -0.2) is 24.2 Å². The molecule has 0 unspecified atom stereocenters. The summed E-state index contributed by atoms with van der Waals surface area (Å²) in [6.07, 6.45) is 1.63. The van der Waals surface area contributed by atoms with Crippen LogP contribution in [-0.4, -0.2) is 55.6 Å². The summed E-state index contributed by atoms with van der Waals surface area (Å²) in [6.45, 7) is 11.0. The molecule has 3 heterocycles. The van der Waals surface area contributed by atoms with E-state index in [1.165, 1.54) is 13.3 Å². The number of imidazole rings is 1. The Hall–Kier alpha value is -3.63. The van der Waals surface area contributed by atoms with E-state index in [0.29, 0.717) is 48.7 Å². The van der Waals surface area contributed by atoms with Crippen molar-refractivity contribution >= 4 is 35.0 Å². The third-order valence-electron chi connectivity index (χ3n) is 4.67. The molecule has 3 rings (SSSR count). The predicted molar refractivity (Wildman–Crippen MR) is 124 cm³/mol. The first kappa shape index (κ1) is 24.0. The van der Waals surface area contributed by atoms with Crippen LogP contribution in [-0.2, 0) is 22.6 Å². The highest BCUT2D eigenvalue weighted by atomic mass is 16.6. The Bertz CT molecular complexity index is 1140. The molecule has 0 aliphatic carbocycles. The number of nitrogens with zero attached hydrogens (tertiary/aromatic N) is 5. The molecule has 178 valence electrons. The Labute approximate surface area is 192 Å². The smallest absolute Gasteiger partial charge is 0.407 e. The Morgan fingerprint density at radius 2 is 1.97 bits per heavy atom. The van der Waals surface area contributed by atoms with Crippen molar-refractivity contribution < 1.29 is 19.1 Å². The van der Waals surface area contributed by atoms with Gasteiger partial charge in [0, 0.05) is 31.9 Å². The number of hydrogen-bond donors (Lipinski definition) is 2. The summed E-state index contributed by atoms with van der Waals surface area (Å²) in [7, 11) is 1.32. The molecule has 2 N–H and O–H groups in total. The summed E-state index contributed by atoms with van der Waals surface area (Å²) in [5, 5.41) is 10.6. The van der Waals surface area contributed by atoms with Crippen molar-refractivity contribution in [1.29, 1.82) is 0 Å². The average molecular weight is 458 g/mol. The average Bonchev–Trinajstić information content (AvgIpc) is 3.27. The zero-order valence-corrected chi connectivity index (χ0v) is 19.9. The number of carbonyl (C=O) groups excluding carboxylic acids is 2. The fraction of sp³-hybridized carbons (Fsp3) is 0.500. The summed E-state index contributed by atoms with van der Waals surface area (Å²) >= 11 is 0. The first-order valence-electron chi connectivity index (χ1n) is 10.8. The van der Waals surface area contributed by atoms with Gasteiger partial charge in [-0.05, 0) is 47.1 Å². The minimum atomic E-state index is -0.552. The molecular formula is C22H31N7O4. The van der Waals surface area contributed by atoms with Gasteiger partial charge in [0.1, 0.15) is 16.9 Å². The van der Waals surface area contributed by atoms with Gasteiger partial charge >= 0.3 is 12.1 Å². The van der Waals surface area contributed by atoms with Gasteiger partial charge in [-0.15, -0.1) is 0 Å². The molecule has 3 aromatic heterocycles. The van der Waals surface area contributed by atoms with E-state index in [-0.39, 0.29) is 0 Å². The van der Waals surface area contributed by atoms with Crippen molar-refractivity contribution in [3.8, 4) is 0 Å². The molecule has 0 aliphatic rings. The second kappa shape index (κ2) is 9.88. The second-order valence-electron chi connectivity index (χ2n) is 8.54. The fourth-order valence-corrected chi connectivity index (χ4v) is 3.29. The van der Waals surface area contributed by atoms with E-state index in [1.807, 2.05) is 49.9 Å². The maximum Gasteiger partial charge on any atom is 0.407 e. The number of methoxy groups -OCH3 is 1. The topological polar surface area (TPSA) is 125 Å². The number of pyridine rings is 1. The number of carbonyl (C=O) groups is 2. The number of alkyl carbamates (subject to hydrolysis) is 1. The molecule has 33 heavy (non-hydrogen) atoms. The zero-order valence-electron chi connectivity index (χ0n) is 19.9. The highest BCUT2D eigenvalue weighted by Crippen LogP contribution is 2.23. The first-order valence-corrected chi connectivity index (χ1v) is 10.8. The molecule has 3 aromatic rings. The molecule has 0 fully saturated rings. The van der Waals surface area contributed by atoms with Crippen molar-refractivity contribution in [3.63, 3.8) is 0 Å². The normalized spacial score (nSPS) is 11.5. The number of anilines is 2. The lowest BCUT2D eigenvalue weighted by Crippen LogP contribution is -2.33. The molecule has 0 spiro atoms. The minimum absolute atomic E-state index is 0.322. The Morgan fingerprint density at radius 1 is 1.21 bits per heavy atom. The van der Waals surface area contributed by atoms with Crippen LogP contribution in [0.25, 0.3) is 11.2 Å². The quantitative estimate of drug-likeness (QED) is 0.389. The van der Waals surface area contributed by atoms with Gasteiger partial charge in [-0.3, -0.25) is 4.57 Å². The number of rotatable bonds is 8. The molecule has 0 aliphatic heterocycles. The molecule has 1 amide bonds. The second-order valence-corrected chi connectivity index (χ2v) is 8.54. The summed E-state index contributed by atoms with van der Waals surface area (Å²) < 4.78 is 13.8. The number of ether oxygens (including phenoxy) is 2. The van der Waals surface area contributed by atoms with E-state index in [9.17, 15) is 9.59 Å². The Kier molecular flexibility index (Phi) is 7.19. The third kappa shape index (κ3) is 5.99. The fourth-order valence-electron chi connectivity index (χ4n) is 3.29. The van der Waals surface area contributed by atoms with Gasteiger partial charge in [0.15, 0.2) is 5.65 Å². The highest BCUT2D eigenvalue weighted by Gasteiger charge is 2.18. The van der Waals surface area contributed by atoms with Gasteiger partial charge in [0.05, 0.1) is 18.4 Å².